The van der Waals surface area contributed by atoms with Crippen LogP contribution in [-0.4, -0.2) is 22.9 Å². The van der Waals surface area contributed by atoms with Gasteiger partial charge in [0.1, 0.15) is 11.7 Å². The van der Waals surface area contributed by atoms with E-state index in [1.165, 1.54) is 24.3 Å². The van der Waals surface area contributed by atoms with Crippen LogP contribution in [0.2, 0.25) is 0 Å². The van der Waals surface area contributed by atoms with Gasteiger partial charge in [0.15, 0.2) is 6.10 Å². The van der Waals surface area contributed by atoms with Crippen molar-refractivity contribution in [2.24, 2.45) is 5.92 Å². The normalized spacial score (nSPS) is 23.6. The summed E-state index contributed by atoms with van der Waals surface area (Å²) in [4.78, 5) is 37.6. The lowest BCUT2D eigenvalue weighted by molar-refractivity contribution is -0.126. The first kappa shape index (κ1) is 17.5. The molecule has 144 valence electrons. The van der Waals surface area contributed by atoms with Crippen LogP contribution in [0, 0.1) is 11.7 Å². The van der Waals surface area contributed by atoms with Crippen molar-refractivity contribution in [3.63, 3.8) is 0 Å². The number of carbonyl (C=O) groups excluding carboxylic acids is 2. The quantitative estimate of drug-likeness (QED) is 0.644. The van der Waals surface area contributed by atoms with Gasteiger partial charge in [0.25, 0.3) is 5.91 Å². The van der Waals surface area contributed by atoms with Gasteiger partial charge in [0, 0.05) is 12.4 Å². The molecule has 3 atom stereocenters. The van der Waals surface area contributed by atoms with Crippen LogP contribution in [0.5, 0.6) is 0 Å². The molecule has 5 rings (SSSR count). The second-order valence-corrected chi connectivity index (χ2v) is 6.93. The fourth-order valence-electron chi connectivity index (χ4n) is 3.96. The maximum atomic E-state index is 13.3. The minimum absolute atomic E-state index is 0.333. The third kappa shape index (κ3) is 2.78. The smallest absolute Gasteiger partial charge is 0.266 e. The van der Waals surface area contributed by atoms with E-state index < -0.39 is 29.8 Å². The van der Waals surface area contributed by atoms with Crippen molar-refractivity contribution in [1.29, 1.82) is 0 Å². The van der Waals surface area contributed by atoms with Crippen molar-refractivity contribution < 1.29 is 18.8 Å². The highest BCUT2D eigenvalue weighted by Crippen LogP contribution is 2.47. The molecular weight excluding hydrogens is 373 g/mol. The van der Waals surface area contributed by atoms with Gasteiger partial charge in [-0.3, -0.25) is 19.4 Å². The van der Waals surface area contributed by atoms with Crippen molar-refractivity contribution in [2.75, 3.05) is 9.96 Å². The minimum atomic E-state index is -0.953. The van der Waals surface area contributed by atoms with Gasteiger partial charge in [-0.05, 0) is 54.1 Å². The Bertz CT molecular complexity index is 1060. The fraction of sp³-hybridized carbons (Fsp3) is 0.136. The summed E-state index contributed by atoms with van der Waals surface area (Å²) in [6.07, 6.45) is 2.33. The van der Waals surface area contributed by atoms with E-state index in [9.17, 15) is 14.0 Å². The van der Waals surface area contributed by atoms with Crippen LogP contribution >= 0.6 is 0 Å². The molecule has 0 N–H and O–H groups in total. The monoisotopic (exact) mass is 389 g/mol. The van der Waals surface area contributed by atoms with E-state index in [1.807, 2.05) is 42.5 Å². The molecule has 0 spiro atoms. The van der Waals surface area contributed by atoms with Gasteiger partial charge in [-0.25, -0.2) is 14.4 Å². The molecule has 2 aliphatic heterocycles. The first-order valence-electron chi connectivity index (χ1n) is 9.19. The summed E-state index contributed by atoms with van der Waals surface area (Å²) < 4.78 is 13.3. The molecule has 2 fully saturated rings. The number of imide groups is 1. The molecule has 1 aromatic heterocycles. The second kappa shape index (κ2) is 6.79. The molecule has 0 aliphatic carbocycles. The average Bonchev–Trinajstić information content (AvgIpc) is 3.27. The van der Waals surface area contributed by atoms with Crippen LogP contribution in [0.15, 0.2) is 79.1 Å². The zero-order valence-corrected chi connectivity index (χ0v) is 15.2. The molecule has 0 radical (unpaired) electrons. The van der Waals surface area contributed by atoms with Crippen LogP contribution in [0.25, 0.3) is 0 Å². The Kier molecular flexibility index (Phi) is 4.10. The van der Waals surface area contributed by atoms with Gasteiger partial charge < -0.3 is 0 Å². The fourth-order valence-corrected chi connectivity index (χ4v) is 3.96. The highest BCUT2D eigenvalue weighted by atomic mass is 19.1. The molecule has 0 saturated carbocycles. The summed E-state index contributed by atoms with van der Waals surface area (Å²) >= 11 is 0. The Balaban J connectivity index is 1.58. The van der Waals surface area contributed by atoms with Gasteiger partial charge in [0.2, 0.25) is 5.91 Å². The van der Waals surface area contributed by atoms with Crippen molar-refractivity contribution in [3.05, 3.63) is 90.5 Å². The summed E-state index contributed by atoms with van der Waals surface area (Å²) in [6, 6.07) is 17.8. The number of amides is 2. The van der Waals surface area contributed by atoms with Gasteiger partial charge in [-0.2, -0.15) is 0 Å². The van der Waals surface area contributed by atoms with Crippen molar-refractivity contribution >= 4 is 23.2 Å². The molecule has 2 amide bonds. The zero-order valence-electron chi connectivity index (χ0n) is 15.2. The Hall–Kier alpha value is -3.58. The van der Waals surface area contributed by atoms with Gasteiger partial charge in [-0.15, -0.1) is 0 Å². The molecule has 2 aromatic carbocycles. The van der Waals surface area contributed by atoms with E-state index in [0.717, 1.165) is 16.2 Å². The molecule has 3 aromatic rings. The summed E-state index contributed by atoms with van der Waals surface area (Å²) in [5, 5.41) is 1.63. The third-order valence-corrected chi connectivity index (χ3v) is 5.26. The molecule has 2 aliphatic rings. The number of aromatic nitrogens is 1. The highest BCUT2D eigenvalue weighted by Gasteiger charge is 2.60. The van der Waals surface area contributed by atoms with Crippen LogP contribution in [-0.2, 0) is 14.4 Å². The van der Waals surface area contributed by atoms with Gasteiger partial charge in [-0.1, -0.05) is 18.2 Å². The summed E-state index contributed by atoms with van der Waals surface area (Å²) in [7, 11) is 0. The predicted molar refractivity (Wildman–Crippen MR) is 103 cm³/mol. The summed E-state index contributed by atoms with van der Waals surface area (Å²) in [6.45, 7) is 0. The van der Waals surface area contributed by atoms with Crippen molar-refractivity contribution in [1.82, 2.24) is 4.98 Å². The number of para-hydroxylation sites is 1. The van der Waals surface area contributed by atoms with E-state index >= 15 is 0 Å². The van der Waals surface area contributed by atoms with Gasteiger partial charge in [0.05, 0.1) is 17.4 Å². The number of benzene rings is 2. The number of carbonyl (C=O) groups is 2. The summed E-state index contributed by atoms with van der Waals surface area (Å²) in [5.41, 5.74) is 1.90. The largest absolute Gasteiger partial charge is 0.273 e. The Morgan fingerprint density at radius 1 is 0.828 bits per heavy atom. The number of hydrogen-bond donors (Lipinski definition) is 0. The molecule has 29 heavy (non-hydrogen) atoms. The highest BCUT2D eigenvalue weighted by molar-refractivity contribution is 6.23. The molecule has 7 heteroatoms. The van der Waals surface area contributed by atoms with E-state index in [-0.39, 0.29) is 5.91 Å². The Labute approximate surface area is 166 Å². The van der Waals surface area contributed by atoms with Gasteiger partial charge >= 0.3 is 0 Å². The second-order valence-electron chi connectivity index (χ2n) is 6.93. The number of hydroxylamine groups is 1. The Morgan fingerprint density at radius 2 is 1.52 bits per heavy atom. The number of fused-ring (bicyclic) bond motifs is 1. The van der Waals surface area contributed by atoms with Crippen LogP contribution in [0.4, 0.5) is 15.8 Å². The first-order chi connectivity index (χ1) is 14.1. The number of hydrogen-bond acceptors (Lipinski definition) is 5. The molecule has 6 nitrogen and oxygen atoms in total. The maximum Gasteiger partial charge on any atom is 0.266 e. The molecule has 2 saturated heterocycles. The van der Waals surface area contributed by atoms with Crippen LogP contribution < -0.4 is 9.96 Å². The topological polar surface area (TPSA) is 62.7 Å². The SMILES string of the molecule is O=C1[C@H]2[C@@H](c3ccncc3)N(c3ccccc3)O[C@H]2C(=O)N1c1ccc(F)cc1. The average molecular weight is 389 g/mol. The van der Waals surface area contributed by atoms with Crippen LogP contribution in [0.1, 0.15) is 11.6 Å². The lowest BCUT2D eigenvalue weighted by atomic mass is 9.91. The minimum Gasteiger partial charge on any atom is -0.273 e. The predicted octanol–water partition coefficient (Wildman–Crippen LogP) is 3.27. The molecule has 0 bridgehead atoms. The third-order valence-electron chi connectivity index (χ3n) is 5.26. The number of nitrogens with zero attached hydrogens (tertiary/aromatic N) is 3. The standard InChI is InChI=1S/C22H16FN3O3/c23-15-6-8-16(9-7-15)25-21(27)18-19(14-10-12-24-13-11-14)26(29-20(18)22(25)28)17-4-2-1-3-5-17/h1-13,18-20H/t18-,19+,20+/m0/s1. The first-order valence-corrected chi connectivity index (χ1v) is 9.19. The molecular formula is C22H16FN3O3. The van der Waals surface area contributed by atoms with Crippen molar-refractivity contribution in [2.45, 2.75) is 12.1 Å². The van der Waals surface area contributed by atoms with E-state index in [2.05, 4.69) is 4.98 Å². The number of anilines is 2. The molecule has 0 unspecified atom stereocenters. The number of rotatable bonds is 3. The molecule has 3 heterocycles. The van der Waals surface area contributed by atoms with E-state index in [4.69, 9.17) is 4.84 Å². The zero-order chi connectivity index (χ0) is 20.0. The van der Waals surface area contributed by atoms with E-state index in [0.29, 0.717) is 5.69 Å². The maximum absolute atomic E-state index is 13.3. The lowest BCUT2D eigenvalue weighted by Gasteiger charge is -2.28. The lowest BCUT2D eigenvalue weighted by Crippen LogP contribution is -2.37. The van der Waals surface area contributed by atoms with Crippen LogP contribution in [0.3, 0.4) is 0 Å². The number of halogens is 1. The Morgan fingerprint density at radius 3 is 2.21 bits per heavy atom. The van der Waals surface area contributed by atoms with Crippen molar-refractivity contribution in [3.8, 4) is 0 Å². The summed E-state index contributed by atoms with van der Waals surface area (Å²) in [5.74, 6) is -1.99. The van der Waals surface area contributed by atoms with E-state index in [1.54, 1.807) is 17.5 Å². The number of pyridine rings is 1.